The molecule has 0 aliphatic carbocycles. The van der Waals surface area contributed by atoms with Gasteiger partial charge in [-0.05, 0) is 26.8 Å². The average molecular weight is 288 g/mol. The van der Waals surface area contributed by atoms with E-state index in [4.69, 9.17) is 4.74 Å². The quantitative estimate of drug-likeness (QED) is 0.795. The Morgan fingerprint density at radius 1 is 1.29 bits per heavy atom. The van der Waals surface area contributed by atoms with Crippen LogP contribution in [0.3, 0.4) is 0 Å². The summed E-state index contributed by atoms with van der Waals surface area (Å²) in [6, 6.07) is 0. The summed E-state index contributed by atoms with van der Waals surface area (Å²) in [6.07, 6.45) is 6.82. The van der Waals surface area contributed by atoms with E-state index in [1.807, 2.05) is 25.5 Å². The molecule has 0 saturated carbocycles. The molecule has 0 aromatic carbocycles. The number of nitrogens with one attached hydrogen (secondary N) is 1. The Morgan fingerprint density at radius 2 is 2.10 bits per heavy atom. The van der Waals surface area contributed by atoms with Crippen molar-refractivity contribution in [3.63, 3.8) is 0 Å². The maximum absolute atomic E-state index is 5.47. The van der Waals surface area contributed by atoms with Gasteiger partial charge in [0.05, 0.1) is 25.9 Å². The third-order valence-corrected chi connectivity index (χ3v) is 3.58. The Balaban J connectivity index is 2.17. The highest BCUT2D eigenvalue weighted by molar-refractivity contribution is 5.41. The van der Waals surface area contributed by atoms with Crippen molar-refractivity contribution < 1.29 is 4.74 Å². The average Bonchev–Trinajstić information content (AvgIpc) is 2.90. The molecule has 0 spiro atoms. The highest BCUT2D eigenvalue weighted by Gasteiger charge is 2.11. The molecule has 2 rings (SSSR count). The van der Waals surface area contributed by atoms with Crippen molar-refractivity contribution in [2.45, 2.75) is 40.3 Å². The van der Waals surface area contributed by atoms with Gasteiger partial charge in [0.1, 0.15) is 11.6 Å². The van der Waals surface area contributed by atoms with Gasteiger partial charge in [-0.15, -0.1) is 0 Å². The highest BCUT2D eigenvalue weighted by atomic mass is 16.5. The predicted molar refractivity (Wildman–Crippen MR) is 83.6 cm³/mol. The van der Waals surface area contributed by atoms with Gasteiger partial charge >= 0.3 is 0 Å². The lowest BCUT2D eigenvalue weighted by Crippen LogP contribution is -2.18. The summed E-state index contributed by atoms with van der Waals surface area (Å²) in [7, 11) is 1.70. The summed E-state index contributed by atoms with van der Waals surface area (Å²) in [5, 5.41) is 3.38. The molecule has 0 aliphatic rings. The van der Waals surface area contributed by atoms with Crippen molar-refractivity contribution in [3.8, 4) is 5.75 Å². The van der Waals surface area contributed by atoms with Crippen LogP contribution in [0.15, 0.2) is 18.6 Å². The number of methoxy groups -OCH3 is 1. The number of ether oxygens (including phenoxy) is 1. The monoisotopic (exact) mass is 288 g/mol. The van der Waals surface area contributed by atoms with Gasteiger partial charge in [0.2, 0.25) is 0 Å². The lowest BCUT2D eigenvalue weighted by molar-refractivity contribution is 0.406. The van der Waals surface area contributed by atoms with Crippen molar-refractivity contribution in [2.75, 3.05) is 13.7 Å². The Labute approximate surface area is 126 Å². The zero-order valence-corrected chi connectivity index (χ0v) is 13.3. The first-order valence-corrected chi connectivity index (χ1v) is 7.37. The van der Waals surface area contributed by atoms with Gasteiger partial charge in [0.25, 0.3) is 0 Å². The van der Waals surface area contributed by atoms with E-state index < -0.39 is 0 Å². The smallest absolute Gasteiger partial charge is 0.128 e. The van der Waals surface area contributed by atoms with Crippen LogP contribution in [0, 0.1) is 13.8 Å². The molecule has 0 unspecified atom stereocenters. The standard InChI is InChI=1S/C16H24N4O/c1-5-6-17-10-15-18-7-8-20(15)11-14-13(3)16(21-4)12(2)9-19-14/h7-9,17H,5-6,10-11H2,1-4H3. The molecule has 2 aromatic rings. The molecule has 0 aliphatic heterocycles. The first kappa shape index (κ1) is 15.5. The summed E-state index contributed by atoms with van der Waals surface area (Å²) < 4.78 is 7.60. The van der Waals surface area contributed by atoms with Crippen LogP contribution >= 0.6 is 0 Å². The van der Waals surface area contributed by atoms with Crippen LogP contribution in [0.5, 0.6) is 5.75 Å². The fraction of sp³-hybridized carbons (Fsp3) is 0.500. The Bertz CT molecular complexity index is 592. The Hall–Kier alpha value is -1.88. The predicted octanol–water partition coefficient (Wildman–Crippen LogP) is 2.45. The number of imidazole rings is 1. The van der Waals surface area contributed by atoms with Gasteiger partial charge in [-0.25, -0.2) is 4.98 Å². The van der Waals surface area contributed by atoms with Gasteiger partial charge < -0.3 is 14.6 Å². The third-order valence-electron chi connectivity index (χ3n) is 3.58. The van der Waals surface area contributed by atoms with E-state index in [1.54, 1.807) is 7.11 Å². The number of nitrogens with zero attached hydrogens (tertiary/aromatic N) is 3. The second-order valence-electron chi connectivity index (χ2n) is 5.19. The van der Waals surface area contributed by atoms with E-state index in [0.717, 1.165) is 47.9 Å². The van der Waals surface area contributed by atoms with E-state index in [2.05, 4.69) is 33.7 Å². The summed E-state index contributed by atoms with van der Waals surface area (Å²) in [4.78, 5) is 8.97. The first-order valence-electron chi connectivity index (χ1n) is 7.37. The molecule has 0 amide bonds. The molecular formula is C16H24N4O. The van der Waals surface area contributed by atoms with Gasteiger partial charge in [0, 0.05) is 29.7 Å². The topological polar surface area (TPSA) is 52.0 Å². The molecular weight excluding hydrogens is 264 g/mol. The number of hydrogen-bond acceptors (Lipinski definition) is 4. The number of aromatic nitrogens is 3. The zero-order valence-electron chi connectivity index (χ0n) is 13.3. The minimum atomic E-state index is 0.714. The molecule has 2 aromatic heterocycles. The van der Waals surface area contributed by atoms with Gasteiger partial charge in [-0.3, -0.25) is 4.98 Å². The maximum Gasteiger partial charge on any atom is 0.128 e. The largest absolute Gasteiger partial charge is 0.496 e. The maximum atomic E-state index is 5.47. The highest BCUT2D eigenvalue weighted by Crippen LogP contribution is 2.24. The Kier molecular flexibility index (Phi) is 5.33. The molecule has 0 atom stereocenters. The van der Waals surface area contributed by atoms with Crippen molar-refractivity contribution in [2.24, 2.45) is 0 Å². The molecule has 0 radical (unpaired) electrons. The summed E-state index contributed by atoms with van der Waals surface area (Å²) >= 11 is 0. The van der Waals surface area contributed by atoms with Crippen molar-refractivity contribution in [1.82, 2.24) is 19.9 Å². The van der Waals surface area contributed by atoms with Crippen LogP contribution in [0.4, 0.5) is 0 Å². The lowest BCUT2D eigenvalue weighted by atomic mass is 10.1. The number of aryl methyl sites for hydroxylation is 1. The minimum Gasteiger partial charge on any atom is -0.496 e. The Morgan fingerprint density at radius 3 is 2.81 bits per heavy atom. The van der Waals surface area contributed by atoms with Crippen LogP contribution in [-0.4, -0.2) is 28.2 Å². The molecule has 5 nitrogen and oxygen atoms in total. The molecule has 5 heteroatoms. The fourth-order valence-electron chi connectivity index (χ4n) is 2.42. The lowest BCUT2D eigenvalue weighted by Gasteiger charge is -2.14. The molecule has 114 valence electrons. The SMILES string of the molecule is CCCNCc1nccn1Cc1ncc(C)c(OC)c1C. The van der Waals surface area contributed by atoms with Crippen LogP contribution in [0.1, 0.15) is 36.0 Å². The molecule has 0 bridgehead atoms. The minimum absolute atomic E-state index is 0.714. The molecule has 2 heterocycles. The fourth-order valence-corrected chi connectivity index (χ4v) is 2.42. The van der Waals surface area contributed by atoms with E-state index in [9.17, 15) is 0 Å². The van der Waals surface area contributed by atoms with Crippen LogP contribution < -0.4 is 10.1 Å². The van der Waals surface area contributed by atoms with E-state index in [1.165, 1.54) is 0 Å². The summed E-state index contributed by atoms with van der Waals surface area (Å²) in [6.45, 7) is 8.72. The molecule has 21 heavy (non-hydrogen) atoms. The third kappa shape index (κ3) is 3.61. The normalized spacial score (nSPS) is 10.9. The number of hydrogen-bond donors (Lipinski definition) is 1. The molecule has 1 N–H and O–H groups in total. The first-order chi connectivity index (χ1) is 10.2. The number of pyridine rings is 1. The van der Waals surface area contributed by atoms with Gasteiger partial charge in [-0.2, -0.15) is 0 Å². The molecule has 0 fully saturated rings. The molecule has 0 saturated heterocycles. The zero-order chi connectivity index (χ0) is 15.2. The van der Waals surface area contributed by atoms with E-state index in [-0.39, 0.29) is 0 Å². The second-order valence-corrected chi connectivity index (χ2v) is 5.19. The summed E-state index contributed by atoms with van der Waals surface area (Å²) in [5.41, 5.74) is 3.18. The van der Waals surface area contributed by atoms with Crippen LogP contribution in [0.25, 0.3) is 0 Å². The van der Waals surface area contributed by atoms with Crippen LogP contribution in [0.2, 0.25) is 0 Å². The van der Waals surface area contributed by atoms with Gasteiger partial charge in [0.15, 0.2) is 0 Å². The van der Waals surface area contributed by atoms with E-state index in [0.29, 0.717) is 6.54 Å². The number of rotatable bonds is 7. The van der Waals surface area contributed by atoms with Gasteiger partial charge in [-0.1, -0.05) is 6.92 Å². The van der Waals surface area contributed by atoms with Crippen LogP contribution in [-0.2, 0) is 13.1 Å². The van der Waals surface area contributed by atoms with Crippen molar-refractivity contribution >= 4 is 0 Å². The van der Waals surface area contributed by atoms with Crippen molar-refractivity contribution in [3.05, 3.63) is 41.2 Å². The summed E-state index contributed by atoms with van der Waals surface area (Å²) in [5.74, 6) is 1.95. The van der Waals surface area contributed by atoms with E-state index >= 15 is 0 Å². The van der Waals surface area contributed by atoms with Crippen molar-refractivity contribution in [1.29, 1.82) is 0 Å². The second kappa shape index (κ2) is 7.22.